The van der Waals surface area contributed by atoms with Crippen molar-refractivity contribution in [3.05, 3.63) is 24.3 Å². The van der Waals surface area contributed by atoms with Crippen LogP contribution in [0.25, 0.3) is 0 Å². The first-order valence-electron chi connectivity index (χ1n) is 5.75. The predicted octanol–water partition coefficient (Wildman–Crippen LogP) is 3.07. The van der Waals surface area contributed by atoms with Crippen LogP contribution in [0.2, 0.25) is 0 Å². The van der Waals surface area contributed by atoms with E-state index in [1.54, 1.807) is 7.11 Å². The van der Waals surface area contributed by atoms with Crippen LogP contribution in [0.3, 0.4) is 0 Å². The van der Waals surface area contributed by atoms with Crippen LogP contribution in [0.1, 0.15) is 20.3 Å². The lowest BCUT2D eigenvalue weighted by Gasteiger charge is -2.23. The number of benzene rings is 1. The number of nitriles is 1. The highest BCUT2D eigenvalue weighted by Gasteiger charge is 2.17. The van der Waals surface area contributed by atoms with E-state index in [9.17, 15) is 0 Å². The highest BCUT2D eigenvalue weighted by Crippen LogP contribution is 2.22. The van der Waals surface area contributed by atoms with Gasteiger partial charge in [-0.25, -0.2) is 0 Å². The minimum Gasteiger partial charge on any atom is -0.497 e. The van der Waals surface area contributed by atoms with Crippen LogP contribution in [0, 0.1) is 16.7 Å². The molecule has 17 heavy (non-hydrogen) atoms. The molecule has 0 saturated heterocycles. The smallest absolute Gasteiger partial charge is 0.119 e. The van der Waals surface area contributed by atoms with Crippen molar-refractivity contribution in [3.8, 4) is 11.8 Å². The first-order chi connectivity index (χ1) is 7.98. The van der Waals surface area contributed by atoms with Gasteiger partial charge in [0, 0.05) is 19.3 Å². The number of hydrogen-bond acceptors (Lipinski definition) is 3. The molecule has 1 aromatic rings. The summed E-state index contributed by atoms with van der Waals surface area (Å²) in [7, 11) is 3.70. The van der Waals surface area contributed by atoms with Gasteiger partial charge < -0.3 is 9.64 Å². The molecule has 0 atom stereocenters. The lowest BCUT2D eigenvalue weighted by Crippen LogP contribution is -2.23. The number of ether oxygens (including phenoxy) is 1. The molecule has 0 saturated carbocycles. The molecule has 92 valence electrons. The second kappa shape index (κ2) is 5.58. The molecule has 0 aliphatic rings. The number of rotatable bonds is 5. The van der Waals surface area contributed by atoms with Crippen molar-refractivity contribution in [1.82, 2.24) is 0 Å². The SMILES string of the molecule is COc1ccc(N(C)CCC(C)(C)C#N)cc1. The molecule has 0 aliphatic heterocycles. The molecule has 0 heterocycles. The summed E-state index contributed by atoms with van der Waals surface area (Å²) in [5.74, 6) is 0.861. The quantitative estimate of drug-likeness (QED) is 0.782. The normalized spacial score (nSPS) is 10.8. The zero-order valence-electron chi connectivity index (χ0n) is 11.0. The van der Waals surface area contributed by atoms with Gasteiger partial charge in [0.1, 0.15) is 5.75 Å². The highest BCUT2D eigenvalue weighted by molar-refractivity contribution is 5.48. The summed E-state index contributed by atoms with van der Waals surface area (Å²) in [4.78, 5) is 2.15. The monoisotopic (exact) mass is 232 g/mol. The molecule has 0 aliphatic carbocycles. The third-order valence-electron chi connectivity index (χ3n) is 2.89. The van der Waals surface area contributed by atoms with Crippen molar-refractivity contribution in [3.63, 3.8) is 0 Å². The van der Waals surface area contributed by atoms with Gasteiger partial charge in [0.25, 0.3) is 0 Å². The number of nitrogens with zero attached hydrogens (tertiary/aromatic N) is 2. The second-order valence-corrected chi connectivity index (χ2v) is 4.87. The molecule has 0 amide bonds. The molecule has 0 N–H and O–H groups in total. The van der Waals surface area contributed by atoms with E-state index in [-0.39, 0.29) is 5.41 Å². The Bertz CT molecular complexity index is 390. The third-order valence-corrected chi connectivity index (χ3v) is 2.89. The van der Waals surface area contributed by atoms with E-state index in [1.165, 1.54) is 0 Å². The van der Waals surface area contributed by atoms with Crippen molar-refractivity contribution >= 4 is 5.69 Å². The van der Waals surface area contributed by atoms with Crippen LogP contribution < -0.4 is 9.64 Å². The molecule has 0 bridgehead atoms. The van der Waals surface area contributed by atoms with Gasteiger partial charge in [-0.2, -0.15) is 5.26 Å². The molecule has 3 nitrogen and oxygen atoms in total. The van der Waals surface area contributed by atoms with Gasteiger partial charge in [-0.3, -0.25) is 0 Å². The Morgan fingerprint density at radius 1 is 1.29 bits per heavy atom. The summed E-state index contributed by atoms with van der Waals surface area (Å²) in [6.07, 6.45) is 0.853. The zero-order valence-corrected chi connectivity index (χ0v) is 11.0. The average molecular weight is 232 g/mol. The Morgan fingerprint density at radius 2 is 1.88 bits per heavy atom. The number of hydrogen-bond donors (Lipinski definition) is 0. The number of anilines is 1. The Hall–Kier alpha value is -1.69. The lowest BCUT2D eigenvalue weighted by atomic mass is 9.91. The fourth-order valence-electron chi connectivity index (χ4n) is 1.47. The van der Waals surface area contributed by atoms with Crippen LogP contribution >= 0.6 is 0 Å². The van der Waals surface area contributed by atoms with Gasteiger partial charge in [0.05, 0.1) is 18.6 Å². The minimum atomic E-state index is -0.263. The molecular weight excluding hydrogens is 212 g/mol. The van der Waals surface area contributed by atoms with E-state index < -0.39 is 0 Å². The van der Waals surface area contributed by atoms with E-state index in [4.69, 9.17) is 10.00 Å². The minimum absolute atomic E-state index is 0.263. The van der Waals surface area contributed by atoms with E-state index in [0.29, 0.717) is 0 Å². The van der Waals surface area contributed by atoms with Gasteiger partial charge in [-0.05, 0) is 44.5 Å². The topological polar surface area (TPSA) is 36.3 Å². The van der Waals surface area contributed by atoms with Crippen molar-refractivity contribution < 1.29 is 4.74 Å². The maximum atomic E-state index is 8.96. The first kappa shape index (κ1) is 13.4. The van der Waals surface area contributed by atoms with E-state index in [1.807, 2.05) is 45.2 Å². The van der Waals surface area contributed by atoms with Crippen LogP contribution in [-0.2, 0) is 0 Å². The van der Waals surface area contributed by atoms with Crippen LogP contribution in [0.4, 0.5) is 5.69 Å². The van der Waals surface area contributed by atoms with Crippen molar-refractivity contribution in [2.75, 3.05) is 25.6 Å². The van der Waals surface area contributed by atoms with Gasteiger partial charge >= 0.3 is 0 Å². The summed E-state index contributed by atoms with van der Waals surface area (Å²) in [6.45, 7) is 4.80. The van der Waals surface area contributed by atoms with Crippen LogP contribution in [0.15, 0.2) is 24.3 Å². The molecule has 0 unspecified atom stereocenters. The van der Waals surface area contributed by atoms with Crippen molar-refractivity contribution in [2.24, 2.45) is 5.41 Å². The Labute approximate surface area is 104 Å². The molecule has 0 aromatic heterocycles. The lowest BCUT2D eigenvalue weighted by molar-refractivity contribution is 0.414. The molecule has 1 aromatic carbocycles. The number of methoxy groups -OCH3 is 1. The fraction of sp³-hybridized carbons (Fsp3) is 0.500. The maximum Gasteiger partial charge on any atom is 0.119 e. The van der Waals surface area contributed by atoms with Gasteiger partial charge in [0.2, 0.25) is 0 Å². The van der Waals surface area contributed by atoms with E-state index >= 15 is 0 Å². The van der Waals surface area contributed by atoms with Gasteiger partial charge in [0.15, 0.2) is 0 Å². The van der Waals surface area contributed by atoms with Crippen molar-refractivity contribution in [2.45, 2.75) is 20.3 Å². The Kier molecular flexibility index (Phi) is 4.39. The predicted molar refractivity (Wildman–Crippen MR) is 70.3 cm³/mol. The van der Waals surface area contributed by atoms with Crippen molar-refractivity contribution in [1.29, 1.82) is 5.26 Å². The van der Waals surface area contributed by atoms with E-state index in [0.717, 1.165) is 24.4 Å². The highest BCUT2D eigenvalue weighted by atomic mass is 16.5. The molecule has 1 rings (SSSR count). The Morgan fingerprint density at radius 3 is 2.35 bits per heavy atom. The molecule has 3 heteroatoms. The van der Waals surface area contributed by atoms with Crippen LogP contribution in [0.5, 0.6) is 5.75 Å². The average Bonchev–Trinajstić information content (AvgIpc) is 2.36. The summed E-state index contributed by atoms with van der Waals surface area (Å²) in [6, 6.07) is 10.3. The largest absolute Gasteiger partial charge is 0.497 e. The molecular formula is C14H20N2O. The molecule has 0 spiro atoms. The third kappa shape index (κ3) is 3.99. The summed E-state index contributed by atoms with van der Waals surface area (Å²) >= 11 is 0. The molecule has 0 radical (unpaired) electrons. The second-order valence-electron chi connectivity index (χ2n) is 4.87. The van der Waals surface area contributed by atoms with E-state index in [2.05, 4.69) is 11.0 Å². The zero-order chi connectivity index (χ0) is 12.9. The Balaban J connectivity index is 2.58. The first-order valence-corrected chi connectivity index (χ1v) is 5.75. The standard InChI is InChI=1S/C14H20N2O/c1-14(2,11-15)9-10-16(3)12-5-7-13(17-4)8-6-12/h5-8H,9-10H2,1-4H3. The molecule has 0 fully saturated rings. The maximum absolute atomic E-state index is 8.96. The van der Waals surface area contributed by atoms with Gasteiger partial charge in [-0.15, -0.1) is 0 Å². The summed E-state index contributed by atoms with van der Waals surface area (Å²) in [5, 5.41) is 8.96. The van der Waals surface area contributed by atoms with Gasteiger partial charge in [-0.1, -0.05) is 0 Å². The fourth-order valence-corrected chi connectivity index (χ4v) is 1.47. The van der Waals surface area contributed by atoms with Crippen LogP contribution in [-0.4, -0.2) is 20.7 Å². The summed E-state index contributed by atoms with van der Waals surface area (Å²) < 4.78 is 5.12. The summed E-state index contributed by atoms with van der Waals surface area (Å²) in [5.41, 5.74) is 0.875.